The maximum atomic E-state index is 14.0. The molecule has 22 heteroatoms. The van der Waals surface area contributed by atoms with E-state index in [9.17, 15) is 24.0 Å². The van der Waals surface area contributed by atoms with Crippen LogP contribution in [-0.2, 0) is 24.4 Å². The Morgan fingerprint density at radius 2 is 1.38 bits per heavy atom. The number of rotatable bonds is 19. The van der Waals surface area contributed by atoms with Crippen molar-refractivity contribution in [2.24, 2.45) is 11.5 Å². The summed E-state index contributed by atoms with van der Waals surface area (Å²) in [4.78, 5) is 81.6. The van der Waals surface area contributed by atoms with Gasteiger partial charge in [-0.05, 0) is 90.4 Å². The van der Waals surface area contributed by atoms with Gasteiger partial charge in [-0.3, -0.25) is 48.9 Å². The van der Waals surface area contributed by atoms with E-state index in [0.29, 0.717) is 108 Å². The maximum absolute atomic E-state index is 14.0. The highest BCUT2D eigenvalue weighted by atomic mass is 16.5. The Morgan fingerprint density at radius 3 is 2.00 bits per heavy atom. The Kier molecular flexibility index (Phi) is 13.8. The van der Waals surface area contributed by atoms with E-state index in [0.717, 1.165) is 26.2 Å². The van der Waals surface area contributed by atoms with Gasteiger partial charge in [0.1, 0.15) is 40.5 Å². The van der Waals surface area contributed by atoms with Gasteiger partial charge in [0, 0.05) is 70.5 Å². The van der Waals surface area contributed by atoms with Crippen molar-refractivity contribution in [2.45, 2.75) is 72.6 Å². The number of ether oxygens (including phenoxy) is 2. The number of benzene rings is 2. The minimum absolute atomic E-state index is 0.0259. The molecule has 4 aromatic heterocycles. The van der Waals surface area contributed by atoms with Crippen molar-refractivity contribution in [3.05, 3.63) is 70.3 Å². The molecule has 22 nitrogen and oxygen atoms in total. The number of likely N-dealkylation sites (N-methyl/N-ethyl adjacent to an activating group) is 2. The van der Waals surface area contributed by atoms with Gasteiger partial charge in [0.15, 0.2) is 0 Å². The first-order chi connectivity index (χ1) is 32.6. The molecule has 0 saturated carbocycles. The van der Waals surface area contributed by atoms with Crippen LogP contribution in [0.1, 0.15) is 92.2 Å². The quantitative estimate of drug-likeness (QED) is 0.0853. The minimum atomic E-state index is -0.683. The normalized spacial score (nSPS) is 15.1. The van der Waals surface area contributed by atoms with Crippen molar-refractivity contribution in [3.63, 3.8) is 0 Å². The summed E-state index contributed by atoms with van der Waals surface area (Å²) >= 11 is 0. The molecule has 5 amide bonds. The number of carbonyl (C=O) groups excluding carboxylic acids is 5. The molecular weight excluding hydrogens is 875 g/mol. The maximum Gasteiger partial charge on any atom is 0.276 e. The first-order valence-electron chi connectivity index (χ1n) is 22.9. The van der Waals surface area contributed by atoms with E-state index < -0.39 is 23.6 Å². The Hall–Kier alpha value is -7.33. The number of fused-ring (bicyclic) bond motifs is 1. The number of primary amides is 2. The number of aryl methyl sites for hydroxylation is 5. The molecule has 0 aliphatic carbocycles. The van der Waals surface area contributed by atoms with Crippen LogP contribution in [-0.4, -0.2) is 149 Å². The average molecular weight is 934 g/mol. The fraction of sp³-hybridized carbons (Fsp3) is 0.457. The van der Waals surface area contributed by atoms with Gasteiger partial charge in [-0.1, -0.05) is 0 Å². The topological polar surface area (TPSA) is 261 Å². The Morgan fingerprint density at radius 1 is 0.794 bits per heavy atom. The number of imidazole rings is 2. The monoisotopic (exact) mass is 933 g/mol. The van der Waals surface area contributed by atoms with E-state index in [-0.39, 0.29) is 48.2 Å². The smallest absolute Gasteiger partial charge is 0.276 e. The van der Waals surface area contributed by atoms with Gasteiger partial charge in [0.25, 0.3) is 11.8 Å². The number of amides is 5. The molecule has 6 aromatic rings. The predicted octanol–water partition coefficient (Wildman–Crippen LogP) is 3.03. The third-order valence-electron chi connectivity index (χ3n) is 12.4. The molecule has 2 aliphatic heterocycles. The van der Waals surface area contributed by atoms with Gasteiger partial charge in [-0.25, -0.2) is 9.97 Å². The molecule has 1 saturated heterocycles. The average Bonchev–Trinajstić information content (AvgIpc) is 4.09. The summed E-state index contributed by atoms with van der Waals surface area (Å²) in [6.45, 7) is 13.3. The van der Waals surface area contributed by atoms with Crippen LogP contribution in [0.2, 0.25) is 0 Å². The van der Waals surface area contributed by atoms with E-state index in [1.807, 2.05) is 36.8 Å². The second-order valence-corrected chi connectivity index (χ2v) is 17.4. The lowest BCUT2D eigenvalue weighted by Gasteiger charge is -2.32. The van der Waals surface area contributed by atoms with Crippen molar-refractivity contribution in [3.8, 4) is 11.5 Å². The predicted molar refractivity (Wildman–Crippen MR) is 253 cm³/mol. The summed E-state index contributed by atoms with van der Waals surface area (Å²) in [5.74, 6) is -0.947. The van der Waals surface area contributed by atoms with Crippen LogP contribution >= 0.6 is 0 Å². The molecule has 1 fully saturated rings. The number of hydrogen-bond donors (Lipinski definition) is 4. The number of nitrogens with one attached hydrogen (secondary N) is 2. The summed E-state index contributed by atoms with van der Waals surface area (Å²) in [5, 5.41) is 14.9. The number of piperazine rings is 1. The largest absolute Gasteiger partial charge is 0.491 e. The zero-order chi connectivity index (χ0) is 48.4. The molecule has 0 radical (unpaired) electrons. The summed E-state index contributed by atoms with van der Waals surface area (Å²) in [5.41, 5.74) is 15.9. The summed E-state index contributed by atoms with van der Waals surface area (Å²) in [6.07, 6.45) is 1.46. The Balaban J connectivity index is 1.08. The molecule has 0 bridgehead atoms. The van der Waals surface area contributed by atoms with Crippen LogP contribution in [0, 0.1) is 13.8 Å². The van der Waals surface area contributed by atoms with Gasteiger partial charge in [-0.2, -0.15) is 10.2 Å². The number of nitrogens with zero attached hydrogens (tertiary/aromatic N) is 11. The Labute approximate surface area is 392 Å². The first kappa shape index (κ1) is 47.2. The molecule has 8 rings (SSSR count). The van der Waals surface area contributed by atoms with Crippen LogP contribution in [0.5, 0.6) is 11.5 Å². The van der Waals surface area contributed by atoms with Crippen LogP contribution in [0.4, 0.5) is 11.9 Å². The third-order valence-corrected chi connectivity index (χ3v) is 12.4. The molecular formula is C46H59N15O7. The molecule has 68 heavy (non-hydrogen) atoms. The number of aromatic nitrogens is 8. The first-order valence-corrected chi connectivity index (χ1v) is 22.9. The van der Waals surface area contributed by atoms with Crippen molar-refractivity contribution in [1.29, 1.82) is 0 Å². The third kappa shape index (κ3) is 9.86. The summed E-state index contributed by atoms with van der Waals surface area (Å²) in [6, 6.07) is 9.33. The number of carbonyl (C=O) groups is 5. The van der Waals surface area contributed by atoms with Gasteiger partial charge in [0.2, 0.25) is 29.6 Å². The molecule has 0 unspecified atom stereocenters. The van der Waals surface area contributed by atoms with Gasteiger partial charge in [0.05, 0.1) is 41.6 Å². The Bertz CT molecular complexity index is 2900. The SMILES string of the molecule is CCn1nc(C)cc1C(=O)Nc1nc2cc(C(N)=O)cc(OCCCN(C)C(=O)CN3CCN(C)CC3)c2n1CCC[C@H]1COc2cc(C(N)=O)cc3nc(NC(=O)c4cc(C)nn4CC)n1c23. The van der Waals surface area contributed by atoms with Gasteiger partial charge >= 0.3 is 0 Å². The number of anilines is 2. The fourth-order valence-corrected chi connectivity index (χ4v) is 8.84. The zero-order valence-electron chi connectivity index (χ0n) is 39.4. The molecule has 1 atom stereocenters. The van der Waals surface area contributed by atoms with Crippen LogP contribution in [0.15, 0.2) is 36.4 Å². The van der Waals surface area contributed by atoms with Crippen LogP contribution < -0.4 is 31.6 Å². The van der Waals surface area contributed by atoms with Crippen molar-refractivity contribution in [1.82, 2.24) is 53.4 Å². The number of hydrogen-bond acceptors (Lipinski definition) is 13. The second kappa shape index (κ2) is 19.9. The highest BCUT2D eigenvalue weighted by Gasteiger charge is 2.31. The lowest BCUT2D eigenvalue weighted by molar-refractivity contribution is -0.131. The van der Waals surface area contributed by atoms with E-state index >= 15 is 0 Å². The fourth-order valence-electron chi connectivity index (χ4n) is 8.84. The molecule has 6 heterocycles. The number of nitrogens with two attached hydrogens (primary N) is 2. The van der Waals surface area contributed by atoms with E-state index in [1.165, 1.54) is 0 Å². The molecule has 360 valence electrons. The van der Waals surface area contributed by atoms with E-state index in [4.69, 9.17) is 30.9 Å². The summed E-state index contributed by atoms with van der Waals surface area (Å²) in [7, 11) is 3.86. The molecule has 0 spiro atoms. The lowest BCUT2D eigenvalue weighted by atomic mass is 10.1. The standard InChI is InChI=1S/C46H59N15O7/c1-7-59-34(19-27(3)53-59)43(65)51-45-49-32-21-29(41(47)63)23-36(67-18-10-12-56(6)38(62)25-57-16-14-55(5)15-17-57)39(32)58(45)13-9-11-31-26-68-37-24-30(42(48)64)22-33-40(37)61(31)46(50-33)52-44(66)35-20-28(4)54-60(35)8-2/h19-24,31H,7-18,25-26H2,1-6H3,(H2,47,63)(H2,48,64)(H,49,51,65)(H,50,52,66)/t31-/m0/s1. The van der Waals surface area contributed by atoms with Gasteiger partial charge in [-0.15, -0.1) is 0 Å². The molecule has 2 aliphatic rings. The second-order valence-electron chi connectivity index (χ2n) is 17.4. The molecule has 2 aromatic carbocycles. The van der Waals surface area contributed by atoms with E-state index in [2.05, 4.69) is 37.7 Å². The zero-order valence-corrected chi connectivity index (χ0v) is 39.4. The minimum Gasteiger partial charge on any atom is -0.491 e. The van der Waals surface area contributed by atoms with E-state index in [1.54, 1.807) is 57.7 Å². The van der Waals surface area contributed by atoms with Crippen molar-refractivity contribution in [2.75, 3.05) is 77.2 Å². The summed E-state index contributed by atoms with van der Waals surface area (Å²) < 4.78 is 19.7. The van der Waals surface area contributed by atoms with Crippen LogP contribution in [0.3, 0.4) is 0 Å². The lowest BCUT2D eigenvalue weighted by Crippen LogP contribution is -2.48. The van der Waals surface area contributed by atoms with Gasteiger partial charge < -0.3 is 39.9 Å². The van der Waals surface area contributed by atoms with Crippen LogP contribution in [0.25, 0.3) is 22.1 Å². The van der Waals surface area contributed by atoms with Crippen molar-refractivity contribution < 1.29 is 33.4 Å². The highest BCUT2D eigenvalue weighted by molar-refractivity contribution is 6.05. The highest BCUT2D eigenvalue weighted by Crippen LogP contribution is 2.39. The van der Waals surface area contributed by atoms with Crippen molar-refractivity contribution >= 4 is 63.5 Å². The molecule has 6 N–H and O–H groups in total.